The number of hydrogen-bond acceptors (Lipinski definition) is 4. The monoisotopic (exact) mass is 295 g/mol. The van der Waals surface area contributed by atoms with Crippen LogP contribution < -0.4 is 4.72 Å². The highest BCUT2D eigenvalue weighted by Gasteiger charge is 2.31. The van der Waals surface area contributed by atoms with E-state index in [1.165, 1.54) is 12.1 Å². The largest absolute Gasteiger partial charge is 0.299 e. The third-order valence-corrected chi connectivity index (χ3v) is 4.80. The normalized spacial score (nSPS) is 19.6. The highest BCUT2D eigenvalue weighted by molar-refractivity contribution is 7.90. The molecule has 20 heavy (non-hydrogen) atoms. The minimum absolute atomic E-state index is 0.0275. The number of hydrogen-bond donors (Lipinski definition) is 1. The first kappa shape index (κ1) is 14.7. The number of nitrogens with one attached hydrogen (secondary N) is 1. The summed E-state index contributed by atoms with van der Waals surface area (Å²) in [6.45, 7) is 1.84. The van der Waals surface area contributed by atoms with Crippen LogP contribution in [0.2, 0.25) is 0 Å². The van der Waals surface area contributed by atoms with Crippen LogP contribution in [0, 0.1) is 12.8 Å². The van der Waals surface area contributed by atoms with Crippen molar-refractivity contribution >= 4 is 21.7 Å². The second-order valence-electron chi connectivity index (χ2n) is 5.05. The van der Waals surface area contributed by atoms with Crippen LogP contribution in [0.4, 0.5) is 0 Å². The molecule has 0 spiro atoms. The Morgan fingerprint density at radius 2 is 1.85 bits per heavy atom. The molecule has 0 bridgehead atoms. The van der Waals surface area contributed by atoms with Gasteiger partial charge in [0.1, 0.15) is 5.78 Å². The first-order chi connectivity index (χ1) is 9.40. The van der Waals surface area contributed by atoms with E-state index in [1.54, 1.807) is 12.1 Å². The molecule has 1 aliphatic rings. The molecule has 1 atom stereocenters. The van der Waals surface area contributed by atoms with Crippen LogP contribution >= 0.6 is 0 Å². The number of rotatable bonds is 3. The maximum Gasteiger partial charge on any atom is 0.264 e. The summed E-state index contributed by atoms with van der Waals surface area (Å²) in [6.07, 6.45) is 2.32. The van der Waals surface area contributed by atoms with Gasteiger partial charge in [-0.15, -0.1) is 0 Å². The van der Waals surface area contributed by atoms with E-state index < -0.39 is 21.8 Å². The Morgan fingerprint density at radius 1 is 1.20 bits per heavy atom. The lowest BCUT2D eigenvalue weighted by molar-refractivity contribution is -0.134. The maximum atomic E-state index is 12.1. The fourth-order valence-corrected chi connectivity index (χ4v) is 3.26. The molecule has 1 unspecified atom stereocenters. The molecule has 0 aliphatic heterocycles. The number of aryl methyl sites for hydroxylation is 1. The molecule has 1 aromatic rings. The number of carbonyl (C=O) groups excluding carboxylic acids is 2. The third-order valence-electron chi connectivity index (χ3n) is 3.44. The van der Waals surface area contributed by atoms with E-state index in [4.69, 9.17) is 0 Å². The van der Waals surface area contributed by atoms with Crippen molar-refractivity contribution in [3.8, 4) is 0 Å². The molecular weight excluding hydrogens is 278 g/mol. The Kier molecular flexibility index (Phi) is 4.23. The molecule has 0 radical (unpaired) electrons. The van der Waals surface area contributed by atoms with Gasteiger partial charge in [0, 0.05) is 6.42 Å². The summed E-state index contributed by atoms with van der Waals surface area (Å²) in [7, 11) is -3.90. The number of carbonyl (C=O) groups is 2. The van der Waals surface area contributed by atoms with Crippen molar-refractivity contribution in [1.29, 1.82) is 0 Å². The Labute approximate surface area is 118 Å². The van der Waals surface area contributed by atoms with Gasteiger partial charge in [-0.3, -0.25) is 9.59 Å². The molecule has 1 fully saturated rings. The molecule has 108 valence electrons. The molecule has 0 saturated heterocycles. The number of Topliss-reactive ketones (excluding diaryl/α,β-unsaturated/α-hetero) is 1. The quantitative estimate of drug-likeness (QED) is 0.858. The van der Waals surface area contributed by atoms with E-state index >= 15 is 0 Å². The second-order valence-corrected chi connectivity index (χ2v) is 6.73. The summed E-state index contributed by atoms with van der Waals surface area (Å²) in [5.74, 6) is -1.72. The Balaban J connectivity index is 2.13. The average molecular weight is 295 g/mol. The van der Waals surface area contributed by atoms with Crippen LogP contribution in [0.1, 0.15) is 31.2 Å². The van der Waals surface area contributed by atoms with E-state index in [1.807, 2.05) is 11.6 Å². The van der Waals surface area contributed by atoms with E-state index in [0.29, 0.717) is 12.8 Å². The molecule has 2 rings (SSSR count). The smallest absolute Gasteiger partial charge is 0.264 e. The van der Waals surface area contributed by atoms with Gasteiger partial charge in [-0.25, -0.2) is 13.1 Å². The minimum Gasteiger partial charge on any atom is -0.299 e. The topological polar surface area (TPSA) is 80.3 Å². The van der Waals surface area contributed by atoms with E-state index in [9.17, 15) is 18.0 Å². The van der Waals surface area contributed by atoms with Gasteiger partial charge >= 0.3 is 0 Å². The Bertz CT molecular complexity index is 619. The predicted octanol–water partition coefficient (Wildman–Crippen LogP) is 1.56. The maximum absolute atomic E-state index is 12.1. The van der Waals surface area contributed by atoms with Gasteiger partial charge in [0.05, 0.1) is 10.8 Å². The summed E-state index contributed by atoms with van der Waals surface area (Å²) in [6, 6.07) is 6.19. The standard InChI is InChI=1S/C14H17NO4S/c1-10-6-8-11(9-7-10)20(18,19)15-14(17)12-4-2-3-5-13(12)16/h6-9,12H,2-5H2,1H3,(H,15,17). The van der Waals surface area contributed by atoms with Crippen LogP contribution in [-0.4, -0.2) is 20.1 Å². The van der Waals surface area contributed by atoms with Gasteiger partial charge in [0.2, 0.25) is 5.91 Å². The fraction of sp³-hybridized carbons (Fsp3) is 0.429. The number of sulfonamides is 1. The molecule has 1 aliphatic carbocycles. The zero-order valence-electron chi connectivity index (χ0n) is 11.3. The highest BCUT2D eigenvalue weighted by Crippen LogP contribution is 2.21. The number of benzene rings is 1. The number of ketones is 1. The summed E-state index contributed by atoms with van der Waals surface area (Å²) in [5.41, 5.74) is 0.928. The zero-order valence-corrected chi connectivity index (χ0v) is 12.1. The van der Waals surface area contributed by atoms with Crippen LogP contribution in [-0.2, 0) is 19.6 Å². The molecule has 1 aromatic carbocycles. The summed E-state index contributed by atoms with van der Waals surface area (Å²) >= 11 is 0. The van der Waals surface area contributed by atoms with Crippen LogP contribution in [0.15, 0.2) is 29.2 Å². The van der Waals surface area contributed by atoms with E-state index in [2.05, 4.69) is 0 Å². The highest BCUT2D eigenvalue weighted by atomic mass is 32.2. The van der Waals surface area contributed by atoms with Crippen molar-refractivity contribution in [1.82, 2.24) is 4.72 Å². The van der Waals surface area contributed by atoms with Crippen LogP contribution in [0.5, 0.6) is 0 Å². The average Bonchev–Trinajstić information content (AvgIpc) is 2.39. The summed E-state index contributed by atoms with van der Waals surface area (Å²) in [5, 5.41) is 0. The molecule has 1 N–H and O–H groups in total. The predicted molar refractivity (Wildman–Crippen MR) is 73.5 cm³/mol. The Morgan fingerprint density at radius 3 is 2.45 bits per heavy atom. The SMILES string of the molecule is Cc1ccc(S(=O)(=O)NC(=O)C2CCCCC2=O)cc1. The van der Waals surface area contributed by atoms with E-state index in [-0.39, 0.29) is 10.7 Å². The lowest BCUT2D eigenvalue weighted by atomic mass is 9.88. The molecule has 0 heterocycles. The first-order valence-electron chi connectivity index (χ1n) is 6.56. The molecular formula is C14H17NO4S. The van der Waals surface area contributed by atoms with Gasteiger partial charge in [-0.2, -0.15) is 0 Å². The summed E-state index contributed by atoms with van der Waals surface area (Å²) in [4.78, 5) is 23.6. The minimum atomic E-state index is -3.90. The van der Waals surface area contributed by atoms with Gasteiger partial charge in [0.25, 0.3) is 10.0 Å². The fourth-order valence-electron chi connectivity index (χ4n) is 2.24. The second kappa shape index (κ2) is 5.75. The van der Waals surface area contributed by atoms with Gasteiger partial charge in [0.15, 0.2) is 0 Å². The zero-order chi connectivity index (χ0) is 14.8. The van der Waals surface area contributed by atoms with Crippen LogP contribution in [0.3, 0.4) is 0 Å². The molecule has 6 heteroatoms. The van der Waals surface area contributed by atoms with Crippen molar-refractivity contribution in [2.24, 2.45) is 5.92 Å². The Hall–Kier alpha value is -1.69. The van der Waals surface area contributed by atoms with Crippen LogP contribution in [0.25, 0.3) is 0 Å². The van der Waals surface area contributed by atoms with Crippen molar-refractivity contribution in [3.05, 3.63) is 29.8 Å². The molecule has 0 aromatic heterocycles. The van der Waals surface area contributed by atoms with Gasteiger partial charge < -0.3 is 0 Å². The van der Waals surface area contributed by atoms with E-state index in [0.717, 1.165) is 18.4 Å². The molecule has 1 saturated carbocycles. The summed E-state index contributed by atoms with van der Waals surface area (Å²) < 4.78 is 26.1. The number of amides is 1. The van der Waals surface area contributed by atoms with Crippen molar-refractivity contribution in [2.45, 2.75) is 37.5 Å². The van der Waals surface area contributed by atoms with Crippen molar-refractivity contribution in [2.75, 3.05) is 0 Å². The van der Waals surface area contributed by atoms with Crippen molar-refractivity contribution < 1.29 is 18.0 Å². The lowest BCUT2D eigenvalue weighted by Gasteiger charge is -2.19. The molecule has 1 amide bonds. The molecule has 5 nitrogen and oxygen atoms in total. The van der Waals surface area contributed by atoms with Gasteiger partial charge in [-0.05, 0) is 31.9 Å². The first-order valence-corrected chi connectivity index (χ1v) is 8.04. The lowest BCUT2D eigenvalue weighted by Crippen LogP contribution is -2.40. The third kappa shape index (κ3) is 3.25. The van der Waals surface area contributed by atoms with Gasteiger partial charge in [-0.1, -0.05) is 24.1 Å². The van der Waals surface area contributed by atoms with Crippen molar-refractivity contribution in [3.63, 3.8) is 0 Å².